The van der Waals surface area contributed by atoms with Crippen LogP contribution in [0.2, 0.25) is 0 Å². The summed E-state index contributed by atoms with van der Waals surface area (Å²) in [7, 11) is 0. The van der Waals surface area contributed by atoms with Gasteiger partial charge in [-0.25, -0.2) is 0 Å². The second kappa shape index (κ2) is 5.47. The highest BCUT2D eigenvalue weighted by molar-refractivity contribution is 9.11. The Morgan fingerprint density at radius 2 is 1.62 bits per heavy atom. The summed E-state index contributed by atoms with van der Waals surface area (Å²) in [5.41, 5.74) is 0.913. The molecule has 0 saturated carbocycles. The van der Waals surface area contributed by atoms with E-state index < -0.39 is 0 Å². The zero-order valence-electron chi connectivity index (χ0n) is 9.40. The monoisotopic (exact) mass is 364 g/mol. The minimum absolute atomic E-state index is 0.0344. The molecule has 0 aliphatic rings. The Balaban J connectivity index is 2.70. The molecule has 0 bridgehead atoms. The number of benzene rings is 1. The first-order valence-electron chi connectivity index (χ1n) is 4.81. The molecule has 16 heavy (non-hydrogen) atoms. The van der Waals surface area contributed by atoms with Crippen molar-refractivity contribution in [2.24, 2.45) is 0 Å². The Hall–Kier alpha value is -0.130. The molecule has 0 radical (unpaired) electrons. The van der Waals surface area contributed by atoms with E-state index in [1.54, 1.807) is 0 Å². The van der Waals surface area contributed by atoms with E-state index in [1.165, 1.54) is 0 Å². The van der Waals surface area contributed by atoms with E-state index in [1.807, 2.05) is 18.2 Å². The van der Waals surface area contributed by atoms with Crippen molar-refractivity contribution in [3.8, 4) is 0 Å². The third-order valence-electron chi connectivity index (χ3n) is 1.61. The predicted molar refractivity (Wildman–Crippen MR) is 81.0 cm³/mol. The van der Waals surface area contributed by atoms with Gasteiger partial charge in [-0.3, -0.25) is 0 Å². The second-order valence-electron chi connectivity index (χ2n) is 4.49. The van der Waals surface area contributed by atoms with Crippen LogP contribution in [0.25, 0.3) is 0 Å². The largest absolute Gasteiger partial charge is 0.358 e. The van der Waals surface area contributed by atoms with Gasteiger partial charge in [-0.15, -0.1) is 0 Å². The van der Waals surface area contributed by atoms with Crippen molar-refractivity contribution in [3.05, 3.63) is 27.1 Å². The summed E-state index contributed by atoms with van der Waals surface area (Å²) in [6, 6.07) is 5.92. The van der Waals surface area contributed by atoms with Gasteiger partial charge in [0.25, 0.3) is 0 Å². The normalized spacial score (nSPS) is 11.1. The first kappa shape index (κ1) is 13.9. The molecule has 5 heteroatoms. The van der Waals surface area contributed by atoms with Crippen molar-refractivity contribution >= 4 is 54.9 Å². The molecule has 0 heterocycles. The molecule has 1 aromatic rings. The second-order valence-corrected chi connectivity index (χ2v) is 6.73. The molecule has 0 aliphatic heterocycles. The van der Waals surface area contributed by atoms with Crippen LogP contribution in [0.1, 0.15) is 20.8 Å². The summed E-state index contributed by atoms with van der Waals surface area (Å²) in [4.78, 5) is 0. The number of rotatable bonds is 1. The summed E-state index contributed by atoms with van der Waals surface area (Å²) in [6.45, 7) is 6.20. The standard InChI is InChI=1S/C11H14Br2N2S/c1-11(2,3)15-10(16)14-9-5-7(12)4-8(13)6-9/h4-6H,1-3H3,(H2,14,15,16). The molecule has 0 unspecified atom stereocenters. The average molecular weight is 366 g/mol. The van der Waals surface area contributed by atoms with E-state index in [4.69, 9.17) is 12.2 Å². The highest BCUT2D eigenvalue weighted by Gasteiger charge is 2.11. The fourth-order valence-electron chi connectivity index (χ4n) is 1.13. The van der Waals surface area contributed by atoms with Crippen LogP contribution < -0.4 is 10.6 Å². The van der Waals surface area contributed by atoms with Crippen LogP contribution in [-0.4, -0.2) is 10.7 Å². The van der Waals surface area contributed by atoms with E-state index in [-0.39, 0.29) is 5.54 Å². The van der Waals surface area contributed by atoms with Crippen LogP contribution >= 0.6 is 44.1 Å². The van der Waals surface area contributed by atoms with Gasteiger partial charge in [0, 0.05) is 20.2 Å². The fraction of sp³-hybridized carbons (Fsp3) is 0.364. The van der Waals surface area contributed by atoms with Crippen LogP contribution in [0.4, 0.5) is 5.69 Å². The van der Waals surface area contributed by atoms with Crippen LogP contribution in [0.5, 0.6) is 0 Å². The van der Waals surface area contributed by atoms with Gasteiger partial charge in [-0.1, -0.05) is 31.9 Å². The molecule has 0 spiro atoms. The number of hydrogen-bond donors (Lipinski definition) is 2. The molecule has 0 aliphatic carbocycles. The van der Waals surface area contributed by atoms with Gasteiger partial charge in [0.15, 0.2) is 5.11 Å². The Morgan fingerprint density at radius 3 is 2.06 bits per heavy atom. The molecule has 0 amide bonds. The van der Waals surface area contributed by atoms with Gasteiger partial charge in [0.1, 0.15) is 0 Å². The summed E-state index contributed by atoms with van der Waals surface area (Å²) < 4.78 is 2.01. The Morgan fingerprint density at radius 1 is 1.12 bits per heavy atom. The summed E-state index contributed by atoms with van der Waals surface area (Å²) in [5.74, 6) is 0. The zero-order chi connectivity index (χ0) is 12.3. The van der Waals surface area contributed by atoms with E-state index in [0.717, 1.165) is 14.6 Å². The Kier molecular flexibility index (Phi) is 4.76. The zero-order valence-corrected chi connectivity index (χ0v) is 13.4. The molecule has 2 N–H and O–H groups in total. The molecule has 0 atom stereocenters. The van der Waals surface area contributed by atoms with Gasteiger partial charge in [0.2, 0.25) is 0 Å². The molecule has 0 aromatic heterocycles. The van der Waals surface area contributed by atoms with Gasteiger partial charge < -0.3 is 10.6 Å². The minimum Gasteiger partial charge on any atom is -0.358 e. The summed E-state index contributed by atoms with van der Waals surface area (Å²) in [5, 5.41) is 6.96. The number of anilines is 1. The predicted octanol–water partition coefficient (Wildman–Crippen LogP) is 4.30. The SMILES string of the molecule is CC(C)(C)NC(=S)Nc1cc(Br)cc(Br)c1. The quantitative estimate of drug-likeness (QED) is 0.725. The molecule has 2 nitrogen and oxygen atoms in total. The van der Waals surface area contributed by atoms with Crippen LogP contribution in [-0.2, 0) is 0 Å². The topological polar surface area (TPSA) is 24.1 Å². The van der Waals surface area contributed by atoms with Crippen molar-refractivity contribution in [3.63, 3.8) is 0 Å². The van der Waals surface area contributed by atoms with E-state index in [9.17, 15) is 0 Å². The van der Waals surface area contributed by atoms with Crippen molar-refractivity contribution in [2.45, 2.75) is 26.3 Å². The van der Waals surface area contributed by atoms with E-state index in [2.05, 4.69) is 63.3 Å². The van der Waals surface area contributed by atoms with Gasteiger partial charge >= 0.3 is 0 Å². The average Bonchev–Trinajstić information content (AvgIpc) is 1.96. The van der Waals surface area contributed by atoms with Crippen molar-refractivity contribution < 1.29 is 0 Å². The van der Waals surface area contributed by atoms with E-state index in [0.29, 0.717) is 5.11 Å². The fourth-order valence-corrected chi connectivity index (χ4v) is 2.85. The molecule has 1 rings (SSSR count). The van der Waals surface area contributed by atoms with Crippen molar-refractivity contribution in [1.29, 1.82) is 0 Å². The molecule has 0 saturated heterocycles. The maximum Gasteiger partial charge on any atom is 0.171 e. The lowest BCUT2D eigenvalue weighted by Gasteiger charge is -2.23. The third-order valence-corrected chi connectivity index (χ3v) is 2.73. The first-order valence-corrected chi connectivity index (χ1v) is 6.81. The van der Waals surface area contributed by atoms with Gasteiger partial charge in [-0.05, 0) is 51.2 Å². The lowest BCUT2D eigenvalue weighted by atomic mass is 10.1. The maximum absolute atomic E-state index is 5.22. The van der Waals surface area contributed by atoms with Gasteiger partial charge in [-0.2, -0.15) is 0 Å². The smallest absolute Gasteiger partial charge is 0.171 e. The minimum atomic E-state index is -0.0344. The highest BCUT2D eigenvalue weighted by Crippen LogP contribution is 2.23. The van der Waals surface area contributed by atoms with Crippen LogP contribution in [0.3, 0.4) is 0 Å². The first-order chi connectivity index (χ1) is 7.26. The third kappa shape index (κ3) is 5.27. The molecular formula is C11H14Br2N2S. The lowest BCUT2D eigenvalue weighted by molar-refractivity contribution is 0.515. The Bertz CT molecular complexity index is 379. The number of thiocarbonyl (C=S) groups is 1. The molecule has 88 valence electrons. The van der Waals surface area contributed by atoms with Gasteiger partial charge in [0.05, 0.1) is 0 Å². The van der Waals surface area contributed by atoms with Crippen LogP contribution in [0, 0.1) is 0 Å². The van der Waals surface area contributed by atoms with Crippen molar-refractivity contribution in [1.82, 2.24) is 5.32 Å². The maximum atomic E-state index is 5.22. The summed E-state index contributed by atoms with van der Waals surface area (Å²) in [6.07, 6.45) is 0. The number of nitrogens with one attached hydrogen (secondary N) is 2. The summed E-state index contributed by atoms with van der Waals surface area (Å²) >= 11 is 12.1. The Labute approximate surface area is 118 Å². The highest BCUT2D eigenvalue weighted by atomic mass is 79.9. The van der Waals surface area contributed by atoms with E-state index >= 15 is 0 Å². The van der Waals surface area contributed by atoms with Crippen molar-refractivity contribution in [2.75, 3.05) is 5.32 Å². The number of halogens is 2. The number of hydrogen-bond acceptors (Lipinski definition) is 1. The molecular weight excluding hydrogens is 352 g/mol. The molecule has 1 aromatic carbocycles. The molecule has 0 fully saturated rings. The lowest BCUT2D eigenvalue weighted by Crippen LogP contribution is -2.42. The van der Waals surface area contributed by atoms with Crippen LogP contribution in [0.15, 0.2) is 27.1 Å².